The van der Waals surface area contributed by atoms with Gasteiger partial charge in [-0.3, -0.25) is 9.36 Å². The van der Waals surface area contributed by atoms with Crippen LogP contribution in [0, 0.1) is 0 Å². The first-order valence-corrected chi connectivity index (χ1v) is 5.25. The smallest absolute Gasteiger partial charge is 0.253 e. The lowest BCUT2D eigenvalue weighted by atomic mass is 10.1. The Morgan fingerprint density at radius 3 is 3.07 bits per heavy atom. The van der Waals surface area contributed by atoms with Gasteiger partial charge in [-0.25, -0.2) is 4.98 Å². The minimum Gasteiger partial charge on any atom is -0.370 e. The lowest BCUT2D eigenvalue weighted by Crippen LogP contribution is -2.28. The molecule has 82 valence electrons. The van der Waals surface area contributed by atoms with Crippen LogP contribution in [0.5, 0.6) is 0 Å². The van der Waals surface area contributed by atoms with Crippen LogP contribution in [-0.4, -0.2) is 21.3 Å². The minimum atomic E-state index is -0.0452. The van der Waals surface area contributed by atoms with Crippen LogP contribution in [0.2, 0.25) is 0 Å². The van der Waals surface area contributed by atoms with Crippen LogP contribution >= 0.6 is 0 Å². The molecule has 1 unspecified atom stereocenters. The summed E-state index contributed by atoms with van der Waals surface area (Å²) in [5, 5.41) is 0. The third-order valence-electron chi connectivity index (χ3n) is 2.75. The molecule has 1 fully saturated rings. The Hall–Kier alpha value is -1.16. The van der Waals surface area contributed by atoms with Crippen LogP contribution in [0.15, 0.2) is 23.4 Å². The number of aromatic nitrogens is 2. The van der Waals surface area contributed by atoms with E-state index in [0.717, 1.165) is 12.8 Å². The Balaban J connectivity index is 2.05. The highest BCUT2D eigenvalue weighted by Gasteiger charge is 2.31. The number of hydrogen-bond acceptors (Lipinski definition) is 3. The van der Waals surface area contributed by atoms with Gasteiger partial charge >= 0.3 is 0 Å². The van der Waals surface area contributed by atoms with Crippen molar-refractivity contribution in [3.8, 4) is 0 Å². The Kier molecular flexibility index (Phi) is 2.61. The predicted octanol–water partition coefficient (Wildman–Crippen LogP) is 1.20. The van der Waals surface area contributed by atoms with Gasteiger partial charge in [-0.05, 0) is 26.7 Å². The molecular weight excluding hydrogens is 192 g/mol. The molecule has 0 amide bonds. The molecule has 1 atom stereocenters. The lowest BCUT2D eigenvalue weighted by molar-refractivity contribution is -0.0221. The summed E-state index contributed by atoms with van der Waals surface area (Å²) in [5.41, 5.74) is -0.0606. The highest BCUT2D eigenvalue weighted by Crippen LogP contribution is 2.29. The molecule has 4 heteroatoms. The van der Waals surface area contributed by atoms with Gasteiger partial charge in [-0.1, -0.05) is 0 Å². The van der Waals surface area contributed by atoms with Gasteiger partial charge in [0.25, 0.3) is 5.56 Å². The van der Waals surface area contributed by atoms with E-state index >= 15 is 0 Å². The van der Waals surface area contributed by atoms with Gasteiger partial charge in [0.1, 0.15) is 0 Å². The Bertz CT molecular complexity index is 398. The highest BCUT2D eigenvalue weighted by molar-refractivity contribution is 4.86. The van der Waals surface area contributed by atoms with E-state index in [1.165, 1.54) is 12.3 Å². The maximum absolute atomic E-state index is 11.4. The van der Waals surface area contributed by atoms with Gasteiger partial charge in [-0.15, -0.1) is 0 Å². The first-order valence-electron chi connectivity index (χ1n) is 5.25. The van der Waals surface area contributed by atoms with E-state index in [0.29, 0.717) is 6.54 Å². The topological polar surface area (TPSA) is 44.1 Å². The number of rotatable bonds is 2. The third kappa shape index (κ3) is 2.45. The number of nitrogens with zero attached hydrogens (tertiary/aromatic N) is 2. The zero-order chi connectivity index (χ0) is 10.9. The van der Waals surface area contributed by atoms with Gasteiger partial charge in [0, 0.05) is 12.3 Å². The van der Waals surface area contributed by atoms with Crippen LogP contribution in [0.25, 0.3) is 0 Å². The van der Waals surface area contributed by atoms with Gasteiger partial charge in [0.2, 0.25) is 0 Å². The highest BCUT2D eigenvalue weighted by atomic mass is 16.5. The molecule has 2 heterocycles. The summed E-state index contributed by atoms with van der Waals surface area (Å²) in [5.74, 6) is 0. The Morgan fingerprint density at radius 1 is 1.67 bits per heavy atom. The summed E-state index contributed by atoms with van der Waals surface area (Å²) in [4.78, 5) is 15.4. The molecule has 4 nitrogen and oxygen atoms in total. The van der Waals surface area contributed by atoms with E-state index in [2.05, 4.69) is 18.8 Å². The fourth-order valence-electron chi connectivity index (χ4n) is 1.94. The van der Waals surface area contributed by atoms with Crippen molar-refractivity contribution in [1.82, 2.24) is 9.55 Å². The molecule has 2 rings (SSSR count). The Morgan fingerprint density at radius 2 is 2.47 bits per heavy atom. The monoisotopic (exact) mass is 208 g/mol. The molecule has 15 heavy (non-hydrogen) atoms. The van der Waals surface area contributed by atoms with E-state index in [-0.39, 0.29) is 17.3 Å². The molecule has 0 saturated carbocycles. The zero-order valence-electron chi connectivity index (χ0n) is 9.14. The second-order valence-electron chi connectivity index (χ2n) is 4.61. The fourth-order valence-corrected chi connectivity index (χ4v) is 1.94. The van der Waals surface area contributed by atoms with Gasteiger partial charge in [-0.2, -0.15) is 0 Å². The van der Waals surface area contributed by atoms with Crippen molar-refractivity contribution in [2.24, 2.45) is 0 Å². The molecule has 0 spiro atoms. The van der Waals surface area contributed by atoms with Crippen molar-refractivity contribution in [3.05, 3.63) is 28.9 Å². The summed E-state index contributed by atoms with van der Waals surface area (Å²) >= 11 is 0. The molecule has 1 aromatic rings. The molecule has 1 aliphatic rings. The van der Waals surface area contributed by atoms with E-state index in [1.54, 1.807) is 10.9 Å². The molecule has 1 aliphatic heterocycles. The minimum absolute atomic E-state index is 0.0155. The molecule has 0 aromatic carbocycles. The zero-order valence-corrected chi connectivity index (χ0v) is 9.14. The maximum atomic E-state index is 11.4. The van der Waals surface area contributed by atoms with E-state index in [4.69, 9.17) is 4.74 Å². The normalized spacial score (nSPS) is 24.3. The largest absolute Gasteiger partial charge is 0.370 e. The first kappa shape index (κ1) is 10.4. The van der Waals surface area contributed by atoms with Gasteiger partial charge in [0.05, 0.1) is 24.6 Å². The average molecular weight is 208 g/mol. The van der Waals surface area contributed by atoms with E-state index in [1.807, 2.05) is 0 Å². The molecule has 0 N–H and O–H groups in total. The molecule has 0 bridgehead atoms. The predicted molar refractivity (Wildman–Crippen MR) is 56.7 cm³/mol. The van der Waals surface area contributed by atoms with Gasteiger partial charge < -0.3 is 4.74 Å². The van der Waals surface area contributed by atoms with Gasteiger partial charge in [0.15, 0.2) is 0 Å². The number of hydrogen-bond donors (Lipinski definition) is 0. The summed E-state index contributed by atoms with van der Waals surface area (Å²) < 4.78 is 7.42. The fraction of sp³-hybridized carbons (Fsp3) is 0.636. The van der Waals surface area contributed by atoms with E-state index < -0.39 is 0 Å². The molecule has 1 saturated heterocycles. The molecule has 0 aliphatic carbocycles. The van der Waals surface area contributed by atoms with Crippen LogP contribution in [0.1, 0.15) is 26.7 Å². The summed E-state index contributed by atoms with van der Waals surface area (Å²) in [6.45, 7) is 4.77. The maximum Gasteiger partial charge on any atom is 0.253 e. The first-order chi connectivity index (χ1) is 7.07. The number of ether oxygens (including phenoxy) is 1. The van der Waals surface area contributed by atoms with E-state index in [9.17, 15) is 4.79 Å². The van der Waals surface area contributed by atoms with Crippen molar-refractivity contribution >= 4 is 0 Å². The van der Waals surface area contributed by atoms with Crippen molar-refractivity contribution in [1.29, 1.82) is 0 Å². The summed E-state index contributed by atoms with van der Waals surface area (Å²) in [6, 6.07) is 1.47. The van der Waals surface area contributed by atoms with Crippen LogP contribution < -0.4 is 5.56 Å². The quantitative estimate of drug-likeness (QED) is 0.733. The summed E-state index contributed by atoms with van der Waals surface area (Å²) in [7, 11) is 0. The summed E-state index contributed by atoms with van der Waals surface area (Å²) in [6.07, 6.45) is 5.28. The van der Waals surface area contributed by atoms with Crippen LogP contribution in [0.3, 0.4) is 0 Å². The average Bonchev–Trinajstić information content (AvgIpc) is 2.50. The molecule has 1 aromatic heterocycles. The van der Waals surface area contributed by atoms with Crippen molar-refractivity contribution < 1.29 is 4.74 Å². The van der Waals surface area contributed by atoms with Crippen molar-refractivity contribution in [2.75, 3.05) is 0 Å². The third-order valence-corrected chi connectivity index (χ3v) is 2.75. The standard InChI is InChI=1S/C11H16N2O2/c1-11(2)5-3-9(15-11)7-13-8-12-6-4-10(13)14/h4,6,8-9H,3,5,7H2,1-2H3. The Labute approximate surface area is 88.9 Å². The van der Waals surface area contributed by atoms with Crippen LogP contribution in [-0.2, 0) is 11.3 Å². The van der Waals surface area contributed by atoms with Crippen molar-refractivity contribution in [2.45, 2.75) is 44.9 Å². The molecular formula is C11H16N2O2. The van der Waals surface area contributed by atoms with Crippen LogP contribution in [0.4, 0.5) is 0 Å². The second-order valence-corrected chi connectivity index (χ2v) is 4.61. The van der Waals surface area contributed by atoms with Crippen molar-refractivity contribution in [3.63, 3.8) is 0 Å². The lowest BCUT2D eigenvalue weighted by Gasteiger charge is -2.19. The molecule has 0 radical (unpaired) electrons. The second kappa shape index (κ2) is 3.77. The SMILES string of the molecule is CC1(C)CCC(Cn2cnccc2=O)O1.